The van der Waals surface area contributed by atoms with E-state index in [1.54, 1.807) is 0 Å². The fraction of sp³-hybridized carbons (Fsp3) is 0.357. The third-order valence-corrected chi connectivity index (χ3v) is 4.43. The first kappa shape index (κ1) is 14.8. The van der Waals surface area contributed by atoms with Crippen LogP contribution in [0.15, 0.2) is 39.5 Å². The van der Waals surface area contributed by atoms with Crippen LogP contribution in [0.1, 0.15) is 24.4 Å². The minimum absolute atomic E-state index is 0.236. The summed E-state index contributed by atoms with van der Waals surface area (Å²) in [6.07, 6.45) is 4.76. The first-order chi connectivity index (χ1) is 9.15. The van der Waals surface area contributed by atoms with Gasteiger partial charge in [-0.25, -0.2) is 4.98 Å². The molecule has 0 fully saturated rings. The molecule has 0 radical (unpaired) electrons. The fourth-order valence-electron chi connectivity index (χ4n) is 2.15. The van der Waals surface area contributed by atoms with Gasteiger partial charge in [-0.05, 0) is 37.7 Å². The molecule has 1 aromatic carbocycles. The topological polar surface area (TPSA) is 29.9 Å². The summed E-state index contributed by atoms with van der Waals surface area (Å²) in [4.78, 5) is 4.45. The monoisotopic (exact) mass is 385 g/mol. The molecule has 102 valence electrons. The average Bonchev–Trinajstić information content (AvgIpc) is 2.86. The lowest BCUT2D eigenvalue weighted by molar-refractivity contribution is 0.551. The second-order valence-corrected chi connectivity index (χ2v) is 6.11. The highest BCUT2D eigenvalue weighted by Crippen LogP contribution is 2.28. The molecule has 1 N–H and O–H groups in total. The molecule has 19 heavy (non-hydrogen) atoms. The average molecular weight is 387 g/mol. The van der Waals surface area contributed by atoms with Crippen LogP contribution >= 0.6 is 31.9 Å². The molecule has 0 bridgehead atoms. The zero-order chi connectivity index (χ0) is 13.8. The number of rotatable bonds is 5. The van der Waals surface area contributed by atoms with Crippen LogP contribution < -0.4 is 5.32 Å². The van der Waals surface area contributed by atoms with Gasteiger partial charge in [-0.2, -0.15) is 0 Å². The molecular weight excluding hydrogens is 370 g/mol. The van der Waals surface area contributed by atoms with E-state index >= 15 is 0 Å². The predicted molar refractivity (Wildman–Crippen MR) is 85.2 cm³/mol. The standard InChI is InChI=1S/C14H17Br2N3/c1-3-19-7-6-18-14(19)9-13(17-2)11-8-10(15)4-5-12(11)16/h4-8,13,17H,3,9H2,1-2H3. The van der Waals surface area contributed by atoms with E-state index in [4.69, 9.17) is 0 Å². The summed E-state index contributed by atoms with van der Waals surface area (Å²) in [5.41, 5.74) is 1.24. The van der Waals surface area contributed by atoms with Crippen LogP contribution in [0.4, 0.5) is 0 Å². The van der Waals surface area contributed by atoms with Crippen LogP contribution in [0.3, 0.4) is 0 Å². The second kappa shape index (κ2) is 6.68. The van der Waals surface area contributed by atoms with Crippen LogP contribution in [-0.4, -0.2) is 16.6 Å². The van der Waals surface area contributed by atoms with Crippen molar-refractivity contribution < 1.29 is 0 Å². The lowest BCUT2D eigenvalue weighted by atomic mass is 10.0. The molecule has 5 heteroatoms. The van der Waals surface area contributed by atoms with Crippen LogP contribution in [0.25, 0.3) is 0 Å². The van der Waals surface area contributed by atoms with E-state index in [0.29, 0.717) is 0 Å². The van der Waals surface area contributed by atoms with Crippen molar-refractivity contribution in [3.05, 3.63) is 50.9 Å². The summed E-state index contributed by atoms with van der Waals surface area (Å²) in [5.74, 6) is 1.11. The van der Waals surface area contributed by atoms with E-state index in [9.17, 15) is 0 Å². The summed E-state index contributed by atoms with van der Waals surface area (Å²) in [6, 6.07) is 6.48. The number of imidazole rings is 1. The Bertz CT molecular complexity index is 551. The van der Waals surface area contributed by atoms with Crippen molar-refractivity contribution >= 4 is 31.9 Å². The van der Waals surface area contributed by atoms with Crippen LogP contribution in [-0.2, 0) is 13.0 Å². The molecule has 0 saturated heterocycles. The maximum absolute atomic E-state index is 4.45. The van der Waals surface area contributed by atoms with Crippen molar-refractivity contribution in [1.82, 2.24) is 14.9 Å². The van der Waals surface area contributed by atoms with E-state index in [-0.39, 0.29) is 6.04 Å². The Morgan fingerprint density at radius 2 is 2.16 bits per heavy atom. The van der Waals surface area contributed by atoms with Gasteiger partial charge in [0.1, 0.15) is 5.82 Å². The Balaban J connectivity index is 2.27. The van der Waals surface area contributed by atoms with E-state index in [1.165, 1.54) is 5.56 Å². The van der Waals surface area contributed by atoms with Gasteiger partial charge < -0.3 is 9.88 Å². The number of aromatic nitrogens is 2. The van der Waals surface area contributed by atoms with Crippen molar-refractivity contribution in [3.8, 4) is 0 Å². The molecule has 3 nitrogen and oxygen atoms in total. The molecule has 1 heterocycles. The maximum atomic E-state index is 4.45. The Labute approximate surface area is 130 Å². The van der Waals surface area contributed by atoms with Crippen molar-refractivity contribution in [2.75, 3.05) is 7.05 Å². The third kappa shape index (κ3) is 3.46. The molecule has 0 aliphatic carbocycles. The number of halogens is 2. The quantitative estimate of drug-likeness (QED) is 0.843. The number of nitrogens with zero attached hydrogens (tertiary/aromatic N) is 2. The smallest absolute Gasteiger partial charge is 0.110 e. The van der Waals surface area contributed by atoms with Gasteiger partial charge in [-0.3, -0.25) is 0 Å². The maximum Gasteiger partial charge on any atom is 0.110 e. The Kier molecular flexibility index (Phi) is 5.19. The summed E-state index contributed by atoms with van der Waals surface area (Å²) in [7, 11) is 1.98. The molecule has 0 saturated carbocycles. The molecule has 0 amide bonds. The highest BCUT2D eigenvalue weighted by atomic mass is 79.9. The Morgan fingerprint density at radius 3 is 2.84 bits per heavy atom. The molecule has 1 atom stereocenters. The van der Waals surface area contributed by atoms with Gasteiger partial charge in [0.25, 0.3) is 0 Å². The molecule has 2 aromatic rings. The molecule has 1 aromatic heterocycles. The van der Waals surface area contributed by atoms with Crippen molar-refractivity contribution in [3.63, 3.8) is 0 Å². The fourth-order valence-corrected chi connectivity index (χ4v) is 3.05. The predicted octanol–water partition coefficient (Wildman–Crippen LogP) is 3.93. The third-order valence-electron chi connectivity index (χ3n) is 3.21. The van der Waals surface area contributed by atoms with Crippen LogP contribution in [0, 0.1) is 0 Å². The van der Waals surface area contributed by atoms with Gasteiger partial charge in [0.05, 0.1) is 0 Å². The summed E-state index contributed by atoms with van der Waals surface area (Å²) >= 11 is 7.15. The van der Waals surface area contributed by atoms with Crippen LogP contribution in [0.2, 0.25) is 0 Å². The molecular formula is C14H17Br2N3. The normalized spacial score (nSPS) is 12.6. The molecule has 1 unspecified atom stereocenters. The van der Waals surface area contributed by atoms with Gasteiger partial charge >= 0.3 is 0 Å². The van der Waals surface area contributed by atoms with E-state index < -0.39 is 0 Å². The number of likely N-dealkylation sites (N-methyl/N-ethyl adjacent to an activating group) is 1. The second-order valence-electron chi connectivity index (χ2n) is 4.34. The highest BCUT2D eigenvalue weighted by Gasteiger charge is 2.16. The molecule has 0 spiro atoms. The van der Waals surface area contributed by atoms with Crippen molar-refractivity contribution in [1.29, 1.82) is 0 Å². The van der Waals surface area contributed by atoms with Gasteiger partial charge in [-0.1, -0.05) is 31.9 Å². The SMILES string of the molecule is CCn1ccnc1CC(NC)c1cc(Br)ccc1Br. The summed E-state index contributed by atoms with van der Waals surface area (Å²) < 4.78 is 4.38. The minimum atomic E-state index is 0.236. The Morgan fingerprint density at radius 1 is 1.37 bits per heavy atom. The number of nitrogens with one attached hydrogen (secondary N) is 1. The number of aryl methyl sites for hydroxylation is 1. The number of benzene rings is 1. The van der Waals surface area contributed by atoms with Crippen LogP contribution in [0.5, 0.6) is 0 Å². The first-order valence-electron chi connectivity index (χ1n) is 6.28. The highest BCUT2D eigenvalue weighted by molar-refractivity contribution is 9.11. The van der Waals surface area contributed by atoms with Gasteiger partial charge in [0.15, 0.2) is 0 Å². The Hall–Kier alpha value is -0.650. The minimum Gasteiger partial charge on any atom is -0.335 e. The van der Waals surface area contributed by atoms with E-state index in [0.717, 1.165) is 27.7 Å². The van der Waals surface area contributed by atoms with Gasteiger partial charge in [-0.15, -0.1) is 0 Å². The van der Waals surface area contributed by atoms with E-state index in [1.807, 2.05) is 25.5 Å². The molecule has 0 aliphatic heterocycles. The summed E-state index contributed by atoms with van der Waals surface area (Å²) in [5, 5.41) is 3.37. The van der Waals surface area contributed by atoms with E-state index in [2.05, 4.69) is 65.8 Å². The molecule has 2 rings (SSSR count). The van der Waals surface area contributed by atoms with Crippen molar-refractivity contribution in [2.24, 2.45) is 0 Å². The largest absolute Gasteiger partial charge is 0.335 e. The summed E-state index contributed by atoms with van der Waals surface area (Å²) in [6.45, 7) is 3.08. The zero-order valence-electron chi connectivity index (χ0n) is 11.0. The molecule has 0 aliphatic rings. The van der Waals surface area contributed by atoms with Gasteiger partial charge in [0, 0.05) is 40.3 Å². The number of hydrogen-bond acceptors (Lipinski definition) is 2. The van der Waals surface area contributed by atoms with Crippen molar-refractivity contribution in [2.45, 2.75) is 25.9 Å². The first-order valence-corrected chi connectivity index (χ1v) is 7.86. The number of hydrogen-bond donors (Lipinski definition) is 1. The van der Waals surface area contributed by atoms with Gasteiger partial charge in [0.2, 0.25) is 0 Å². The zero-order valence-corrected chi connectivity index (χ0v) is 14.2. The lowest BCUT2D eigenvalue weighted by Crippen LogP contribution is -2.21. The lowest BCUT2D eigenvalue weighted by Gasteiger charge is -2.19.